The first-order chi connectivity index (χ1) is 20.7. The molecular formula is C35H36N4O4. The first kappa shape index (κ1) is 28.4. The number of aromatic nitrogens is 2. The van der Waals surface area contributed by atoms with E-state index in [1.54, 1.807) is 24.3 Å². The molecule has 3 N–H and O–H groups in total. The SMILES string of the molecule is Cc1cccc(-c2c(C3CCCC3)c3ccc(C(=O)NC4(C(=O)Nc5ccc(/C=C/C(=O)O)cc5)CCC4)cc3n2C)n1. The van der Waals surface area contributed by atoms with Crippen molar-refractivity contribution in [3.63, 3.8) is 0 Å². The van der Waals surface area contributed by atoms with E-state index >= 15 is 0 Å². The van der Waals surface area contributed by atoms with Crippen molar-refractivity contribution < 1.29 is 19.5 Å². The molecule has 2 heterocycles. The number of aryl methyl sites for hydroxylation is 2. The summed E-state index contributed by atoms with van der Waals surface area (Å²) in [6.07, 6.45) is 9.27. The number of amides is 2. The largest absolute Gasteiger partial charge is 0.478 e. The molecule has 43 heavy (non-hydrogen) atoms. The van der Waals surface area contributed by atoms with Crippen LogP contribution >= 0.6 is 0 Å². The molecule has 4 aromatic rings. The molecule has 0 unspecified atom stereocenters. The van der Waals surface area contributed by atoms with E-state index in [2.05, 4.69) is 27.3 Å². The van der Waals surface area contributed by atoms with Crippen LogP contribution in [-0.2, 0) is 16.6 Å². The summed E-state index contributed by atoms with van der Waals surface area (Å²) in [5.74, 6) is -1.09. The van der Waals surface area contributed by atoms with Gasteiger partial charge in [-0.15, -0.1) is 0 Å². The van der Waals surface area contributed by atoms with Crippen LogP contribution in [0.3, 0.4) is 0 Å². The molecule has 0 saturated heterocycles. The number of anilines is 1. The minimum absolute atomic E-state index is 0.253. The molecule has 2 saturated carbocycles. The molecule has 2 aliphatic carbocycles. The fraction of sp³-hybridized carbons (Fsp3) is 0.314. The monoisotopic (exact) mass is 576 g/mol. The second kappa shape index (κ2) is 11.5. The summed E-state index contributed by atoms with van der Waals surface area (Å²) in [6, 6.07) is 18.9. The number of nitrogens with zero attached hydrogens (tertiary/aromatic N) is 2. The molecule has 8 heteroatoms. The van der Waals surface area contributed by atoms with Crippen molar-refractivity contribution in [1.82, 2.24) is 14.9 Å². The Morgan fingerprint density at radius 2 is 1.74 bits per heavy atom. The molecule has 2 aliphatic rings. The van der Waals surface area contributed by atoms with Gasteiger partial charge in [0.15, 0.2) is 0 Å². The molecule has 0 atom stereocenters. The van der Waals surface area contributed by atoms with Crippen molar-refractivity contribution in [2.75, 3.05) is 5.32 Å². The first-order valence-corrected chi connectivity index (χ1v) is 15.0. The van der Waals surface area contributed by atoms with E-state index in [1.165, 1.54) is 24.5 Å². The van der Waals surface area contributed by atoms with E-state index < -0.39 is 11.5 Å². The van der Waals surface area contributed by atoms with Crippen molar-refractivity contribution in [1.29, 1.82) is 0 Å². The van der Waals surface area contributed by atoms with E-state index in [0.29, 0.717) is 35.6 Å². The van der Waals surface area contributed by atoms with Gasteiger partial charge in [-0.2, -0.15) is 0 Å². The van der Waals surface area contributed by atoms with Crippen LogP contribution in [0.15, 0.2) is 66.7 Å². The second-order valence-electron chi connectivity index (χ2n) is 11.8. The van der Waals surface area contributed by atoms with Gasteiger partial charge < -0.3 is 20.3 Å². The third kappa shape index (κ3) is 5.57. The number of carboxylic acid groups (broad SMARTS) is 1. The molecule has 0 spiro atoms. The summed E-state index contributed by atoms with van der Waals surface area (Å²) in [5, 5.41) is 16.0. The van der Waals surface area contributed by atoms with Gasteiger partial charge in [0.25, 0.3) is 5.91 Å². The predicted octanol–water partition coefficient (Wildman–Crippen LogP) is 6.60. The Labute approximate surface area is 250 Å². The van der Waals surface area contributed by atoms with Gasteiger partial charge in [-0.05, 0) is 98.5 Å². The van der Waals surface area contributed by atoms with Crippen LogP contribution in [-0.4, -0.2) is 38.0 Å². The van der Waals surface area contributed by atoms with Gasteiger partial charge in [0.1, 0.15) is 5.54 Å². The van der Waals surface area contributed by atoms with E-state index in [-0.39, 0.29) is 11.8 Å². The number of fused-ring (bicyclic) bond motifs is 1. The normalized spacial score (nSPS) is 16.3. The third-order valence-corrected chi connectivity index (χ3v) is 8.98. The van der Waals surface area contributed by atoms with Crippen molar-refractivity contribution >= 4 is 40.4 Å². The van der Waals surface area contributed by atoms with Crippen LogP contribution in [0.4, 0.5) is 5.69 Å². The minimum atomic E-state index is -1.02. The number of carboxylic acids is 1. The van der Waals surface area contributed by atoms with E-state index in [4.69, 9.17) is 10.1 Å². The Kier molecular flexibility index (Phi) is 7.61. The maximum Gasteiger partial charge on any atom is 0.328 e. The average Bonchev–Trinajstić information content (AvgIpc) is 3.60. The van der Waals surface area contributed by atoms with Gasteiger partial charge in [0, 0.05) is 41.0 Å². The molecule has 8 nitrogen and oxygen atoms in total. The zero-order valence-corrected chi connectivity index (χ0v) is 24.5. The zero-order chi connectivity index (χ0) is 30.1. The standard InChI is InChI=1S/C35H36N4O4/c1-22-7-5-10-28(36-22)32-31(24-8-3-4-9-24)27-17-14-25(21-29(27)39(32)2)33(42)38-35(19-6-20-35)34(43)37-26-15-11-23(12-16-26)13-18-30(40)41/h5,7,10-18,21,24H,3-4,6,8-9,19-20H2,1-2H3,(H,37,43)(H,38,42)(H,40,41)/b18-13+. The van der Waals surface area contributed by atoms with Gasteiger partial charge in [-0.1, -0.05) is 37.1 Å². The number of hydrogen-bond donors (Lipinski definition) is 3. The number of benzene rings is 2. The third-order valence-electron chi connectivity index (χ3n) is 8.98. The van der Waals surface area contributed by atoms with Gasteiger partial charge in [-0.25, -0.2) is 4.79 Å². The van der Waals surface area contributed by atoms with Crippen molar-refractivity contribution in [2.45, 2.75) is 63.3 Å². The molecule has 2 aromatic carbocycles. The Bertz CT molecular complexity index is 1740. The zero-order valence-electron chi connectivity index (χ0n) is 24.5. The highest BCUT2D eigenvalue weighted by molar-refractivity contribution is 6.06. The lowest BCUT2D eigenvalue weighted by Crippen LogP contribution is -2.61. The maximum absolute atomic E-state index is 13.6. The quantitative estimate of drug-likeness (QED) is 0.205. The minimum Gasteiger partial charge on any atom is -0.478 e. The molecule has 0 bridgehead atoms. The summed E-state index contributed by atoms with van der Waals surface area (Å²) >= 11 is 0. The van der Waals surface area contributed by atoms with Gasteiger partial charge in [0.2, 0.25) is 5.91 Å². The Morgan fingerprint density at radius 1 is 1.00 bits per heavy atom. The molecule has 0 radical (unpaired) electrons. The molecular weight excluding hydrogens is 540 g/mol. The van der Waals surface area contributed by atoms with E-state index in [1.807, 2.05) is 38.2 Å². The van der Waals surface area contributed by atoms with E-state index in [9.17, 15) is 14.4 Å². The highest BCUT2D eigenvalue weighted by atomic mass is 16.4. The molecule has 0 aliphatic heterocycles. The average molecular weight is 577 g/mol. The van der Waals surface area contributed by atoms with Gasteiger partial charge >= 0.3 is 5.97 Å². The van der Waals surface area contributed by atoms with Crippen LogP contribution in [0.25, 0.3) is 28.4 Å². The lowest BCUT2D eigenvalue weighted by molar-refractivity contribution is -0.131. The lowest BCUT2D eigenvalue weighted by Gasteiger charge is -2.40. The second-order valence-corrected chi connectivity index (χ2v) is 11.8. The number of nitrogens with one attached hydrogen (secondary N) is 2. The van der Waals surface area contributed by atoms with Crippen molar-refractivity contribution in [2.24, 2.45) is 7.05 Å². The predicted molar refractivity (Wildman–Crippen MR) is 168 cm³/mol. The van der Waals surface area contributed by atoms with Crippen molar-refractivity contribution in [3.05, 3.63) is 89.1 Å². The Hall–Kier alpha value is -4.72. The van der Waals surface area contributed by atoms with Crippen LogP contribution in [0, 0.1) is 6.92 Å². The Balaban J connectivity index is 1.26. The fourth-order valence-corrected chi connectivity index (χ4v) is 6.54. The van der Waals surface area contributed by atoms with Crippen LogP contribution < -0.4 is 10.6 Å². The molecule has 2 aromatic heterocycles. The Morgan fingerprint density at radius 3 is 2.40 bits per heavy atom. The van der Waals surface area contributed by atoms with Gasteiger partial charge in [-0.3, -0.25) is 14.6 Å². The summed E-state index contributed by atoms with van der Waals surface area (Å²) in [7, 11) is 2.05. The number of aliphatic carboxylic acids is 1. The maximum atomic E-state index is 13.6. The topological polar surface area (TPSA) is 113 Å². The summed E-state index contributed by atoms with van der Waals surface area (Å²) in [6.45, 7) is 2.01. The smallest absolute Gasteiger partial charge is 0.328 e. The number of carbonyl (C=O) groups excluding carboxylic acids is 2. The highest BCUT2D eigenvalue weighted by Gasteiger charge is 2.45. The number of pyridine rings is 1. The number of carbonyl (C=O) groups is 3. The lowest BCUT2D eigenvalue weighted by atomic mass is 9.75. The fourth-order valence-electron chi connectivity index (χ4n) is 6.54. The number of rotatable bonds is 8. The van der Waals surface area contributed by atoms with E-state index in [0.717, 1.165) is 53.3 Å². The highest BCUT2D eigenvalue weighted by Crippen LogP contribution is 2.44. The molecule has 6 rings (SSSR count). The van der Waals surface area contributed by atoms with Gasteiger partial charge in [0.05, 0.1) is 11.4 Å². The molecule has 2 amide bonds. The summed E-state index contributed by atoms with van der Waals surface area (Å²) in [5.41, 5.74) is 6.16. The number of hydrogen-bond acceptors (Lipinski definition) is 4. The van der Waals surface area contributed by atoms with Crippen LogP contribution in [0.1, 0.15) is 78.0 Å². The van der Waals surface area contributed by atoms with Crippen LogP contribution in [0.2, 0.25) is 0 Å². The molecule has 2 fully saturated rings. The molecule has 220 valence electrons. The summed E-state index contributed by atoms with van der Waals surface area (Å²) < 4.78 is 2.17. The van der Waals surface area contributed by atoms with Crippen molar-refractivity contribution in [3.8, 4) is 11.4 Å². The first-order valence-electron chi connectivity index (χ1n) is 15.0. The summed E-state index contributed by atoms with van der Waals surface area (Å²) in [4.78, 5) is 42.7. The van der Waals surface area contributed by atoms with Crippen LogP contribution in [0.5, 0.6) is 0 Å².